The first-order valence-electron chi connectivity index (χ1n) is 8.89. The van der Waals surface area contributed by atoms with Crippen molar-refractivity contribution in [1.29, 1.82) is 0 Å². The van der Waals surface area contributed by atoms with Crippen LogP contribution in [0.4, 0.5) is 0 Å². The molecular weight excluding hydrogens is 350 g/mol. The summed E-state index contributed by atoms with van der Waals surface area (Å²) >= 11 is 0. The molecule has 0 atom stereocenters. The summed E-state index contributed by atoms with van der Waals surface area (Å²) in [6.45, 7) is 7.12. The van der Waals surface area contributed by atoms with Gasteiger partial charge in [0.15, 0.2) is 0 Å². The predicted molar refractivity (Wildman–Crippen MR) is 100.0 cm³/mol. The van der Waals surface area contributed by atoms with Gasteiger partial charge in [-0.1, -0.05) is 42.4 Å². The van der Waals surface area contributed by atoms with Gasteiger partial charge in [0.05, 0.1) is 24.0 Å². The van der Waals surface area contributed by atoms with E-state index in [1.807, 2.05) is 37.3 Å². The van der Waals surface area contributed by atoms with Crippen molar-refractivity contribution < 1.29 is 28.7 Å². The van der Waals surface area contributed by atoms with Crippen LogP contribution in [0.15, 0.2) is 35.5 Å². The van der Waals surface area contributed by atoms with Gasteiger partial charge in [-0.15, -0.1) is 0 Å². The van der Waals surface area contributed by atoms with E-state index < -0.39 is 17.4 Å². The number of esters is 2. The maximum absolute atomic E-state index is 11.7. The lowest BCUT2D eigenvalue weighted by atomic mass is 9.91. The molecule has 27 heavy (non-hydrogen) atoms. The van der Waals surface area contributed by atoms with Crippen molar-refractivity contribution in [3.63, 3.8) is 0 Å². The Morgan fingerprint density at radius 3 is 2.19 bits per heavy atom. The van der Waals surface area contributed by atoms with E-state index in [4.69, 9.17) is 14.3 Å². The zero-order valence-corrected chi connectivity index (χ0v) is 16.3. The fraction of sp³-hybridized carbons (Fsp3) is 0.500. The Morgan fingerprint density at radius 1 is 0.963 bits per heavy atom. The van der Waals surface area contributed by atoms with Gasteiger partial charge in [-0.2, -0.15) is 0 Å². The standard InChI is InChI=1S/C20H27NO6/c1-5-20(3,4)19(24)26-14-13-25-17(22)11-12-18(23)27-21-15(2)16-9-7-6-8-10-16/h6-10H,5,11-14H2,1-4H3/b21-15-. The Kier molecular flexibility index (Phi) is 9.19. The highest BCUT2D eigenvalue weighted by Crippen LogP contribution is 2.21. The highest BCUT2D eigenvalue weighted by atomic mass is 16.7. The molecule has 7 nitrogen and oxygen atoms in total. The van der Waals surface area contributed by atoms with Gasteiger partial charge in [-0.05, 0) is 32.8 Å². The summed E-state index contributed by atoms with van der Waals surface area (Å²) < 4.78 is 9.98. The minimum absolute atomic E-state index is 0.0149. The summed E-state index contributed by atoms with van der Waals surface area (Å²) in [6.07, 6.45) is 0.375. The average Bonchev–Trinajstić information content (AvgIpc) is 2.68. The molecule has 1 aromatic rings. The number of benzene rings is 1. The van der Waals surface area contributed by atoms with E-state index in [1.165, 1.54) is 0 Å². The summed E-state index contributed by atoms with van der Waals surface area (Å²) in [5.41, 5.74) is 0.834. The number of hydrogen-bond donors (Lipinski definition) is 0. The molecule has 0 aliphatic heterocycles. The van der Waals surface area contributed by atoms with Gasteiger partial charge in [-0.3, -0.25) is 9.59 Å². The summed E-state index contributed by atoms with van der Waals surface area (Å²) in [4.78, 5) is 39.8. The Bertz CT molecular complexity index is 666. The van der Waals surface area contributed by atoms with Crippen molar-refractivity contribution in [3.05, 3.63) is 35.9 Å². The number of ether oxygens (including phenoxy) is 2. The topological polar surface area (TPSA) is 91.3 Å². The molecule has 148 valence electrons. The van der Waals surface area contributed by atoms with E-state index in [9.17, 15) is 14.4 Å². The van der Waals surface area contributed by atoms with Gasteiger partial charge in [-0.25, -0.2) is 4.79 Å². The number of rotatable bonds is 10. The molecule has 0 saturated heterocycles. The molecule has 0 N–H and O–H groups in total. The lowest BCUT2D eigenvalue weighted by molar-refractivity contribution is -0.159. The van der Waals surface area contributed by atoms with E-state index in [-0.39, 0.29) is 32.0 Å². The molecule has 0 heterocycles. The second kappa shape index (κ2) is 11.1. The van der Waals surface area contributed by atoms with Crippen molar-refractivity contribution >= 4 is 23.6 Å². The van der Waals surface area contributed by atoms with Crippen LogP contribution in [0.1, 0.15) is 52.5 Å². The molecule has 0 bridgehead atoms. The molecule has 0 amide bonds. The third-order valence-corrected chi connectivity index (χ3v) is 4.03. The lowest BCUT2D eigenvalue weighted by Gasteiger charge is -2.20. The van der Waals surface area contributed by atoms with E-state index in [1.54, 1.807) is 20.8 Å². The summed E-state index contributed by atoms with van der Waals surface area (Å²) in [5.74, 6) is -1.53. The van der Waals surface area contributed by atoms with Crippen LogP contribution in [0.25, 0.3) is 0 Å². The Balaban J connectivity index is 2.22. The Hall–Kier alpha value is -2.70. The van der Waals surface area contributed by atoms with Gasteiger partial charge in [0.1, 0.15) is 13.2 Å². The SMILES string of the molecule is CCC(C)(C)C(=O)OCCOC(=O)CCC(=O)O/N=C(/C)c1ccccc1. The summed E-state index contributed by atoms with van der Waals surface area (Å²) in [6, 6.07) is 9.27. The van der Waals surface area contributed by atoms with Crippen LogP contribution in [0.5, 0.6) is 0 Å². The zero-order valence-electron chi connectivity index (χ0n) is 16.3. The molecule has 0 unspecified atom stereocenters. The second-order valence-electron chi connectivity index (χ2n) is 6.60. The smallest absolute Gasteiger partial charge is 0.335 e. The van der Waals surface area contributed by atoms with E-state index in [0.717, 1.165) is 5.56 Å². The molecule has 0 aliphatic rings. The van der Waals surface area contributed by atoms with Crippen molar-refractivity contribution in [3.8, 4) is 0 Å². The van der Waals surface area contributed by atoms with Gasteiger partial charge in [0, 0.05) is 0 Å². The van der Waals surface area contributed by atoms with Gasteiger partial charge in [0.2, 0.25) is 0 Å². The van der Waals surface area contributed by atoms with Crippen LogP contribution < -0.4 is 0 Å². The molecule has 0 aliphatic carbocycles. The minimum atomic E-state index is -0.627. The normalized spacial score (nSPS) is 11.6. The van der Waals surface area contributed by atoms with Crippen LogP contribution in [-0.4, -0.2) is 36.8 Å². The number of nitrogens with zero attached hydrogens (tertiary/aromatic N) is 1. The largest absolute Gasteiger partial charge is 0.462 e. The monoisotopic (exact) mass is 377 g/mol. The fourth-order valence-electron chi connectivity index (χ4n) is 1.80. The number of carbonyl (C=O) groups excluding carboxylic acids is 3. The number of carbonyl (C=O) groups is 3. The third kappa shape index (κ3) is 8.48. The van der Waals surface area contributed by atoms with Gasteiger partial charge >= 0.3 is 17.9 Å². The molecule has 7 heteroatoms. The zero-order chi connectivity index (χ0) is 20.3. The quantitative estimate of drug-likeness (QED) is 0.204. The lowest BCUT2D eigenvalue weighted by Crippen LogP contribution is -2.27. The van der Waals surface area contributed by atoms with Crippen LogP contribution in [0.3, 0.4) is 0 Å². The van der Waals surface area contributed by atoms with E-state index in [2.05, 4.69) is 5.16 Å². The minimum Gasteiger partial charge on any atom is -0.462 e. The molecule has 0 fully saturated rings. The average molecular weight is 377 g/mol. The molecule has 0 spiro atoms. The molecule has 0 saturated carbocycles. The summed E-state index contributed by atoms with van der Waals surface area (Å²) in [5, 5.41) is 3.76. The van der Waals surface area contributed by atoms with Crippen LogP contribution in [0.2, 0.25) is 0 Å². The molecule has 1 aromatic carbocycles. The van der Waals surface area contributed by atoms with E-state index >= 15 is 0 Å². The molecule has 0 radical (unpaired) electrons. The van der Waals surface area contributed by atoms with E-state index in [0.29, 0.717) is 12.1 Å². The first-order chi connectivity index (χ1) is 12.8. The number of oxime groups is 1. The third-order valence-electron chi connectivity index (χ3n) is 4.03. The van der Waals surface area contributed by atoms with Gasteiger partial charge in [0.25, 0.3) is 0 Å². The highest BCUT2D eigenvalue weighted by Gasteiger charge is 2.26. The van der Waals surface area contributed by atoms with Crippen molar-refractivity contribution in [1.82, 2.24) is 0 Å². The predicted octanol–water partition coefficient (Wildman–Crippen LogP) is 3.26. The fourth-order valence-corrected chi connectivity index (χ4v) is 1.80. The first-order valence-corrected chi connectivity index (χ1v) is 8.89. The molecule has 1 rings (SSSR count). The maximum atomic E-state index is 11.7. The van der Waals surface area contributed by atoms with Crippen molar-refractivity contribution in [2.24, 2.45) is 10.6 Å². The Labute approximate surface area is 159 Å². The molecular formula is C20H27NO6. The maximum Gasteiger partial charge on any atom is 0.335 e. The summed E-state index contributed by atoms with van der Waals surface area (Å²) in [7, 11) is 0. The molecule has 0 aromatic heterocycles. The van der Waals surface area contributed by atoms with Crippen molar-refractivity contribution in [2.45, 2.75) is 47.0 Å². The second-order valence-corrected chi connectivity index (χ2v) is 6.60. The number of hydrogen-bond acceptors (Lipinski definition) is 7. The van der Waals surface area contributed by atoms with Crippen LogP contribution in [0, 0.1) is 5.41 Å². The van der Waals surface area contributed by atoms with Crippen LogP contribution >= 0.6 is 0 Å². The van der Waals surface area contributed by atoms with Crippen molar-refractivity contribution in [2.75, 3.05) is 13.2 Å². The Morgan fingerprint density at radius 2 is 1.56 bits per heavy atom. The van der Waals surface area contributed by atoms with Crippen LogP contribution in [-0.2, 0) is 28.7 Å². The van der Waals surface area contributed by atoms with Gasteiger partial charge < -0.3 is 14.3 Å². The first kappa shape index (κ1) is 22.3. The highest BCUT2D eigenvalue weighted by molar-refractivity contribution is 5.98.